The van der Waals surface area contributed by atoms with Gasteiger partial charge in [-0.1, -0.05) is 43.3 Å². The summed E-state index contributed by atoms with van der Waals surface area (Å²) in [6.07, 6.45) is 0.538. The number of rotatable bonds is 5. The van der Waals surface area contributed by atoms with Gasteiger partial charge in [0.15, 0.2) is 5.60 Å². The van der Waals surface area contributed by atoms with Crippen molar-refractivity contribution in [1.82, 2.24) is 0 Å². The fourth-order valence-electron chi connectivity index (χ4n) is 2.99. The van der Waals surface area contributed by atoms with Gasteiger partial charge >= 0.3 is 0 Å². The lowest BCUT2D eigenvalue weighted by atomic mass is 9.90. The van der Waals surface area contributed by atoms with Gasteiger partial charge in [0, 0.05) is 11.3 Å². The maximum atomic E-state index is 13.1. The summed E-state index contributed by atoms with van der Waals surface area (Å²) >= 11 is 0. The van der Waals surface area contributed by atoms with E-state index in [1.165, 1.54) is 0 Å². The topological polar surface area (TPSA) is 86.5 Å². The molecule has 2 aromatic rings. The number of nitrogen functional groups attached to an aromatic ring is 1. The van der Waals surface area contributed by atoms with Crippen molar-refractivity contribution in [2.24, 2.45) is 0 Å². The molecule has 26 heavy (non-hydrogen) atoms. The van der Waals surface area contributed by atoms with Crippen molar-refractivity contribution in [2.75, 3.05) is 5.73 Å². The third kappa shape index (κ3) is 3.37. The first-order chi connectivity index (χ1) is 12.3. The van der Waals surface area contributed by atoms with Crippen molar-refractivity contribution in [3.05, 3.63) is 65.2 Å². The molecule has 0 aromatic heterocycles. The normalized spacial score (nSPS) is 19.9. The van der Waals surface area contributed by atoms with Crippen LogP contribution in [0.25, 0.3) is 11.3 Å². The van der Waals surface area contributed by atoms with E-state index in [4.69, 9.17) is 10.5 Å². The highest BCUT2D eigenvalue weighted by Crippen LogP contribution is 2.43. The molecule has 1 aliphatic rings. The lowest BCUT2D eigenvalue weighted by Crippen LogP contribution is -2.32. The Bertz CT molecular complexity index is 952. The molecule has 0 saturated heterocycles. The highest BCUT2D eigenvalue weighted by Gasteiger charge is 2.45. The largest absolute Gasteiger partial charge is 0.478 e. The summed E-state index contributed by atoms with van der Waals surface area (Å²) in [7, 11) is -2.48. The highest BCUT2D eigenvalue weighted by atomic mass is 32.2. The van der Waals surface area contributed by atoms with Crippen LogP contribution in [0.2, 0.25) is 0 Å². The molecule has 0 amide bonds. The Morgan fingerprint density at radius 3 is 2.35 bits per heavy atom. The Labute approximate surface area is 154 Å². The van der Waals surface area contributed by atoms with Crippen molar-refractivity contribution in [3.8, 4) is 0 Å². The number of carbonyl (C=O) groups excluding carboxylic acids is 1. The Morgan fingerprint density at radius 1 is 1.08 bits per heavy atom. The van der Waals surface area contributed by atoms with Gasteiger partial charge in [-0.05, 0) is 36.6 Å². The second-order valence-corrected chi connectivity index (χ2v) is 7.51. The minimum Gasteiger partial charge on any atom is -0.478 e. The molecule has 0 aliphatic carbocycles. The van der Waals surface area contributed by atoms with Gasteiger partial charge < -0.3 is 10.5 Å². The third-order valence-electron chi connectivity index (χ3n) is 4.64. The minimum atomic E-state index is -2.48. The zero-order chi connectivity index (χ0) is 18.9. The number of carbonyl (C=O) groups is 1. The van der Waals surface area contributed by atoms with Gasteiger partial charge in [-0.25, -0.2) is 8.42 Å². The molecule has 0 spiro atoms. The van der Waals surface area contributed by atoms with Crippen molar-refractivity contribution >= 4 is 33.5 Å². The number of ketones is 1. The van der Waals surface area contributed by atoms with Crippen LogP contribution in [0.4, 0.5) is 5.69 Å². The Kier molecular flexibility index (Phi) is 4.87. The van der Waals surface area contributed by atoms with E-state index in [2.05, 4.69) is 0 Å². The van der Waals surface area contributed by atoms with Crippen LogP contribution in [-0.4, -0.2) is 19.8 Å². The Balaban J connectivity index is 2.11. The summed E-state index contributed by atoms with van der Waals surface area (Å²) in [5.74, 6) is 0.416. The maximum absolute atomic E-state index is 13.1. The number of ether oxygens (including phenoxy) is 1. The average molecular weight is 371 g/mol. The molecule has 0 bridgehead atoms. The van der Waals surface area contributed by atoms with Gasteiger partial charge in [0.2, 0.25) is 5.78 Å². The van der Waals surface area contributed by atoms with E-state index in [-0.39, 0.29) is 11.5 Å². The van der Waals surface area contributed by atoms with E-state index in [1.807, 2.05) is 13.0 Å². The first-order valence-electron chi connectivity index (χ1n) is 8.39. The number of Topliss-reactive ketones (excluding diaryl/α,β-unsaturated/α-hetero) is 1. The van der Waals surface area contributed by atoms with Crippen LogP contribution in [-0.2, 0) is 26.0 Å². The van der Waals surface area contributed by atoms with Crippen LogP contribution in [0.15, 0.2) is 48.5 Å². The van der Waals surface area contributed by atoms with Crippen molar-refractivity contribution < 1.29 is 17.9 Å². The van der Waals surface area contributed by atoms with Gasteiger partial charge in [-0.3, -0.25) is 4.79 Å². The van der Waals surface area contributed by atoms with Crippen LogP contribution in [0, 0.1) is 0 Å². The molecular weight excluding hydrogens is 350 g/mol. The number of benzene rings is 2. The molecule has 6 heteroatoms. The number of nitrogens with two attached hydrogens (primary N) is 1. The fourth-order valence-corrected chi connectivity index (χ4v) is 3.50. The number of hydrogen-bond donors (Lipinski definition) is 2. The van der Waals surface area contributed by atoms with Gasteiger partial charge in [0.1, 0.15) is 16.5 Å². The Hall–Kier alpha value is -2.60. The molecule has 5 nitrogen and oxygen atoms in total. The zero-order valence-corrected chi connectivity index (χ0v) is 15.6. The zero-order valence-electron chi connectivity index (χ0n) is 14.7. The maximum Gasteiger partial charge on any atom is 0.210 e. The first kappa shape index (κ1) is 18.2. The predicted octanol–water partition coefficient (Wildman–Crippen LogP) is 3.02. The van der Waals surface area contributed by atoms with Gasteiger partial charge in [-0.2, -0.15) is 0 Å². The number of anilines is 1. The van der Waals surface area contributed by atoms with Crippen molar-refractivity contribution in [1.29, 1.82) is 0 Å². The van der Waals surface area contributed by atoms with Crippen LogP contribution in [0.3, 0.4) is 0 Å². The number of hydrogen-bond acceptors (Lipinski definition) is 5. The van der Waals surface area contributed by atoms with Gasteiger partial charge in [0.25, 0.3) is 0 Å². The SMILES string of the molecule is CCC1(C)OC(c2ccc(C[SH](=O)=O)cc2)=C(c2cccc(N)c2)C1=O. The van der Waals surface area contributed by atoms with E-state index >= 15 is 0 Å². The van der Waals surface area contributed by atoms with E-state index in [0.29, 0.717) is 34.6 Å². The molecule has 3 rings (SSSR count). The first-order valence-corrected chi connectivity index (χ1v) is 9.75. The highest BCUT2D eigenvalue weighted by molar-refractivity contribution is 7.71. The fraction of sp³-hybridized carbons (Fsp3) is 0.250. The molecule has 0 saturated carbocycles. The average Bonchev–Trinajstić information content (AvgIpc) is 2.87. The third-order valence-corrected chi connectivity index (χ3v) is 5.26. The van der Waals surface area contributed by atoms with Crippen LogP contribution >= 0.6 is 0 Å². The summed E-state index contributed by atoms with van der Waals surface area (Å²) in [4.78, 5) is 13.1. The molecule has 2 N–H and O–H groups in total. The van der Waals surface area contributed by atoms with Crippen LogP contribution in [0.1, 0.15) is 37.0 Å². The predicted molar refractivity (Wildman–Crippen MR) is 103 cm³/mol. The minimum absolute atomic E-state index is 0.0107. The van der Waals surface area contributed by atoms with E-state index in [1.54, 1.807) is 49.4 Å². The van der Waals surface area contributed by atoms with E-state index < -0.39 is 16.3 Å². The van der Waals surface area contributed by atoms with Crippen LogP contribution in [0.5, 0.6) is 0 Å². The summed E-state index contributed by atoms with van der Waals surface area (Å²) < 4.78 is 27.9. The summed E-state index contributed by atoms with van der Waals surface area (Å²) in [5.41, 5.74) is 8.18. The smallest absolute Gasteiger partial charge is 0.210 e. The molecule has 1 unspecified atom stereocenters. The molecule has 0 fully saturated rings. The quantitative estimate of drug-likeness (QED) is 0.623. The standard InChI is InChI=1S/C20H21NO4S/c1-3-20(2)19(22)17(15-5-4-6-16(21)11-15)18(25-20)14-9-7-13(8-10-14)12-26(23)24/h4-11,26H,3,12,21H2,1-2H3. The van der Waals surface area contributed by atoms with E-state index in [9.17, 15) is 13.2 Å². The lowest BCUT2D eigenvalue weighted by Gasteiger charge is -2.21. The monoisotopic (exact) mass is 371 g/mol. The van der Waals surface area contributed by atoms with Crippen molar-refractivity contribution in [2.45, 2.75) is 31.6 Å². The van der Waals surface area contributed by atoms with E-state index in [0.717, 1.165) is 5.56 Å². The number of thiol groups is 1. The molecule has 2 aromatic carbocycles. The molecule has 1 atom stereocenters. The summed E-state index contributed by atoms with van der Waals surface area (Å²) in [5, 5.41) is 0. The molecule has 136 valence electrons. The van der Waals surface area contributed by atoms with Gasteiger partial charge in [-0.15, -0.1) is 0 Å². The van der Waals surface area contributed by atoms with Crippen LogP contribution < -0.4 is 5.73 Å². The summed E-state index contributed by atoms with van der Waals surface area (Å²) in [6.45, 7) is 3.69. The molecule has 1 heterocycles. The second-order valence-electron chi connectivity index (χ2n) is 6.53. The van der Waals surface area contributed by atoms with Crippen molar-refractivity contribution in [3.63, 3.8) is 0 Å². The Morgan fingerprint density at radius 2 is 1.77 bits per heavy atom. The lowest BCUT2D eigenvalue weighted by molar-refractivity contribution is -0.126. The molecule has 0 radical (unpaired) electrons. The van der Waals surface area contributed by atoms with Gasteiger partial charge in [0.05, 0.1) is 11.3 Å². The second kappa shape index (κ2) is 6.96. The summed E-state index contributed by atoms with van der Waals surface area (Å²) in [6, 6.07) is 14.2. The molecular formula is C20H21NO4S. The molecule has 1 aliphatic heterocycles.